The predicted octanol–water partition coefficient (Wildman–Crippen LogP) is 6.20. The molecule has 2 heterocycles. The minimum absolute atomic E-state index is 0.309. The van der Waals surface area contributed by atoms with Gasteiger partial charge in [0.2, 0.25) is 10.7 Å². The highest BCUT2D eigenvalue weighted by Crippen LogP contribution is 2.29. The molecule has 2 N–H and O–H groups in total. The topological polar surface area (TPSA) is 62.5 Å². The smallest absolute Gasteiger partial charge is 0.231 e. The number of aryl methyl sites for hydroxylation is 1. The molecule has 0 saturated carbocycles. The average Bonchev–Trinajstić information content (AvgIpc) is 3.24. The normalized spacial score (nSPS) is 11.8. The van der Waals surface area contributed by atoms with Crippen LogP contribution in [0.25, 0.3) is 33.1 Å². The van der Waals surface area contributed by atoms with Crippen molar-refractivity contribution in [2.45, 2.75) is 6.92 Å². The van der Waals surface area contributed by atoms with Crippen molar-refractivity contribution < 1.29 is 9.15 Å². The lowest BCUT2D eigenvalue weighted by Gasteiger charge is -2.08. The van der Waals surface area contributed by atoms with Crippen molar-refractivity contribution in [3.05, 3.63) is 90.0 Å². The van der Waals surface area contributed by atoms with Gasteiger partial charge in [-0.15, -0.1) is 0 Å². The second kappa shape index (κ2) is 8.32. The lowest BCUT2D eigenvalue weighted by atomic mass is 10.1. The van der Waals surface area contributed by atoms with E-state index >= 15 is 0 Å². The number of aromatic nitrogens is 1. The third-order valence-corrected chi connectivity index (χ3v) is 5.48. The summed E-state index contributed by atoms with van der Waals surface area (Å²) in [4.78, 5) is 8.09. The number of anilines is 1. The van der Waals surface area contributed by atoms with Crippen LogP contribution in [0.5, 0.6) is 5.75 Å². The molecule has 0 amide bonds. The van der Waals surface area contributed by atoms with E-state index in [9.17, 15) is 0 Å². The van der Waals surface area contributed by atoms with Crippen molar-refractivity contribution in [1.82, 2.24) is 4.98 Å². The number of thiocarbonyl (C=S) groups is 1. The van der Waals surface area contributed by atoms with Crippen molar-refractivity contribution in [3.63, 3.8) is 0 Å². The number of benzene rings is 3. The number of methoxy groups -OCH3 is 1. The van der Waals surface area contributed by atoms with Gasteiger partial charge in [0.05, 0.1) is 18.4 Å². The van der Waals surface area contributed by atoms with Gasteiger partial charge < -0.3 is 19.5 Å². The summed E-state index contributed by atoms with van der Waals surface area (Å²) in [5.74, 6) is 0.638. The molecule has 158 valence electrons. The number of ether oxygens (including phenoxy) is 1. The monoisotopic (exact) mass is 439 g/mol. The van der Waals surface area contributed by atoms with Crippen molar-refractivity contribution in [2.24, 2.45) is 4.99 Å². The van der Waals surface area contributed by atoms with Gasteiger partial charge in [-0.3, -0.25) is 0 Å². The Morgan fingerprint density at radius 2 is 1.75 bits per heavy atom. The van der Waals surface area contributed by atoms with E-state index in [0.717, 1.165) is 33.2 Å². The van der Waals surface area contributed by atoms with Gasteiger partial charge in [-0.25, -0.2) is 0 Å². The molecule has 0 atom stereocenters. The Labute approximate surface area is 190 Å². The molecule has 0 aliphatic rings. The Morgan fingerprint density at radius 3 is 2.53 bits per heavy atom. The van der Waals surface area contributed by atoms with Crippen LogP contribution < -0.4 is 15.6 Å². The van der Waals surface area contributed by atoms with E-state index in [4.69, 9.17) is 21.4 Å². The molecule has 0 radical (unpaired) electrons. The minimum Gasteiger partial charge on any atom is -0.493 e. The van der Waals surface area contributed by atoms with Crippen LogP contribution in [0.4, 0.5) is 5.69 Å². The van der Waals surface area contributed by atoms with Gasteiger partial charge in [-0.2, -0.15) is 4.99 Å². The summed E-state index contributed by atoms with van der Waals surface area (Å²) in [7, 11) is 1.62. The first-order valence-electron chi connectivity index (χ1n) is 10.2. The Hall–Kier alpha value is -3.90. The minimum atomic E-state index is 0.309. The highest BCUT2D eigenvalue weighted by atomic mass is 32.1. The highest BCUT2D eigenvalue weighted by Gasteiger charge is 2.13. The Kier molecular flexibility index (Phi) is 5.21. The molecule has 0 unspecified atom stereocenters. The maximum Gasteiger partial charge on any atom is 0.231 e. The lowest BCUT2D eigenvalue weighted by molar-refractivity contribution is 0.406. The van der Waals surface area contributed by atoms with Crippen LogP contribution in [-0.2, 0) is 0 Å². The molecule has 32 heavy (non-hydrogen) atoms. The van der Waals surface area contributed by atoms with Crippen molar-refractivity contribution in [1.29, 1.82) is 0 Å². The first-order chi connectivity index (χ1) is 15.6. The molecule has 0 spiro atoms. The van der Waals surface area contributed by atoms with Crippen molar-refractivity contribution in [3.8, 4) is 17.0 Å². The summed E-state index contributed by atoms with van der Waals surface area (Å²) in [5, 5.41) is 5.49. The van der Waals surface area contributed by atoms with Crippen molar-refractivity contribution in [2.75, 3.05) is 12.4 Å². The zero-order valence-corrected chi connectivity index (χ0v) is 18.5. The lowest BCUT2D eigenvalue weighted by Crippen LogP contribution is -2.14. The molecule has 3 aromatic carbocycles. The van der Waals surface area contributed by atoms with E-state index < -0.39 is 0 Å². The third-order valence-electron chi connectivity index (χ3n) is 5.28. The van der Waals surface area contributed by atoms with E-state index in [2.05, 4.69) is 27.4 Å². The molecule has 5 aromatic rings. The molecular weight excluding hydrogens is 418 g/mol. The Balaban J connectivity index is 1.67. The maximum absolute atomic E-state index is 6.25. The van der Waals surface area contributed by atoms with Crippen LogP contribution in [-0.4, -0.2) is 17.2 Å². The molecule has 6 heteroatoms. The van der Waals surface area contributed by atoms with E-state index in [-0.39, 0.29) is 0 Å². The van der Waals surface area contributed by atoms with Crippen LogP contribution in [0.2, 0.25) is 0 Å². The first kappa shape index (κ1) is 20.0. The van der Waals surface area contributed by atoms with Crippen molar-refractivity contribution >= 4 is 44.9 Å². The van der Waals surface area contributed by atoms with Crippen LogP contribution in [0.3, 0.4) is 0 Å². The number of H-pyrrole nitrogens is 1. The van der Waals surface area contributed by atoms with Gasteiger partial charge >= 0.3 is 0 Å². The van der Waals surface area contributed by atoms with Crippen LogP contribution in [0.15, 0.2) is 88.3 Å². The molecule has 0 aliphatic carbocycles. The zero-order valence-electron chi connectivity index (χ0n) is 17.7. The SMILES string of the molecule is COc1cccc2cc(-c3cc4ccccc4[nH]3)/c(=N/C(=S)Nc3ccc(C)cc3)oc12. The molecule has 5 nitrogen and oxygen atoms in total. The van der Waals surface area contributed by atoms with E-state index in [0.29, 0.717) is 22.0 Å². The summed E-state index contributed by atoms with van der Waals surface area (Å²) < 4.78 is 11.7. The third kappa shape index (κ3) is 3.88. The molecule has 2 aromatic heterocycles. The molecule has 0 aliphatic heterocycles. The molecule has 0 saturated heterocycles. The summed E-state index contributed by atoms with van der Waals surface area (Å²) in [6.45, 7) is 2.04. The summed E-state index contributed by atoms with van der Waals surface area (Å²) >= 11 is 5.53. The summed E-state index contributed by atoms with van der Waals surface area (Å²) in [5.41, 5.74) is 5.82. The number of nitrogens with zero attached hydrogens (tertiary/aromatic N) is 1. The quantitative estimate of drug-likeness (QED) is 0.329. The number of fused-ring (bicyclic) bond motifs is 2. The fraction of sp³-hybridized carbons (Fsp3) is 0.0769. The Morgan fingerprint density at radius 1 is 0.969 bits per heavy atom. The molecule has 0 fully saturated rings. The van der Waals surface area contributed by atoms with E-state index in [1.54, 1.807) is 7.11 Å². The summed E-state index contributed by atoms with van der Waals surface area (Å²) in [6.07, 6.45) is 0. The number of hydrogen-bond donors (Lipinski definition) is 2. The second-order valence-electron chi connectivity index (χ2n) is 7.52. The number of aromatic amines is 1. The standard InChI is InChI=1S/C26H21N3O2S/c1-16-10-12-19(13-11-16)27-26(32)29-25-20(22-15-17-6-3-4-8-21(17)28-22)14-18-7-5-9-23(30-2)24(18)31-25/h3-15,28H,1-2H3,(H,27,32)/b29-25-. The maximum atomic E-state index is 6.25. The Bertz CT molecular complexity index is 1480. The van der Waals surface area contributed by atoms with Gasteiger partial charge in [0.25, 0.3) is 0 Å². The number of nitrogens with one attached hydrogen (secondary N) is 2. The average molecular weight is 440 g/mol. The van der Waals surface area contributed by atoms with Gasteiger partial charge in [-0.1, -0.05) is 48.0 Å². The number of hydrogen-bond acceptors (Lipinski definition) is 3. The van der Waals surface area contributed by atoms with Crippen LogP contribution in [0.1, 0.15) is 5.56 Å². The summed E-state index contributed by atoms with van der Waals surface area (Å²) in [6, 6.07) is 26.0. The molecule has 0 bridgehead atoms. The van der Waals surface area contributed by atoms with Crippen LogP contribution in [0, 0.1) is 6.92 Å². The fourth-order valence-corrected chi connectivity index (χ4v) is 3.86. The first-order valence-corrected chi connectivity index (χ1v) is 10.6. The van der Waals surface area contributed by atoms with Gasteiger partial charge in [0.1, 0.15) is 0 Å². The van der Waals surface area contributed by atoms with Gasteiger partial charge in [-0.05, 0) is 55.5 Å². The molecular formula is C26H21N3O2S. The van der Waals surface area contributed by atoms with Crippen LogP contribution >= 0.6 is 12.2 Å². The van der Waals surface area contributed by atoms with Gasteiger partial charge in [0.15, 0.2) is 11.3 Å². The zero-order chi connectivity index (χ0) is 22.1. The predicted molar refractivity (Wildman–Crippen MR) is 133 cm³/mol. The number of rotatable bonds is 3. The number of para-hydroxylation sites is 2. The second-order valence-corrected chi connectivity index (χ2v) is 7.91. The highest BCUT2D eigenvalue weighted by molar-refractivity contribution is 7.80. The fourth-order valence-electron chi connectivity index (χ4n) is 3.66. The largest absolute Gasteiger partial charge is 0.493 e. The van der Waals surface area contributed by atoms with E-state index in [1.807, 2.05) is 73.7 Å². The van der Waals surface area contributed by atoms with E-state index in [1.165, 1.54) is 5.56 Å². The molecule has 5 rings (SSSR count). The van der Waals surface area contributed by atoms with Gasteiger partial charge in [0, 0.05) is 22.0 Å².